The molecule has 0 aliphatic heterocycles. The van der Waals surface area contributed by atoms with E-state index in [1.165, 1.54) is 31.2 Å². The number of anilines is 1. The molecule has 0 radical (unpaired) electrons. The molecule has 3 nitrogen and oxygen atoms in total. The molecule has 0 atom stereocenters. The van der Waals surface area contributed by atoms with Crippen LogP contribution in [0.15, 0.2) is 24.3 Å². The average Bonchev–Trinajstić information content (AvgIpc) is 3.39. The van der Waals surface area contributed by atoms with Crippen LogP contribution >= 0.6 is 0 Å². The number of hydrogen-bond acceptors (Lipinski definition) is 2. The summed E-state index contributed by atoms with van der Waals surface area (Å²) < 4.78 is 2.00. The summed E-state index contributed by atoms with van der Waals surface area (Å²) in [5, 5.41) is 0. The van der Waals surface area contributed by atoms with Crippen LogP contribution in [0.5, 0.6) is 0 Å². The van der Waals surface area contributed by atoms with E-state index in [9.17, 15) is 0 Å². The summed E-state index contributed by atoms with van der Waals surface area (Å²) in [7, 11) is 0. The predicted molar refractivity (Wildman–Crippen MR) is 84.9 cm³/mol. The van der Waals surface area contributed by atoms with Crippen LogP contribution in [0.4, 0.5) is 5.82 Å². The largest absolute Gasteiger partial charge is 0.383 e. The number of terminal acetylenes is 1. The van der Waals surface area contributed by atoms with E-state index in [1.807, 2.05) is 4.57 Å². The molecule has 3 heteroatoms. The average molecular weight is 277 g/mol. The minimum atomic E-state index is 0.505. The molecule has 1 heterocycles. The lowest BCUT2D eigenvalue weighted by Crippen LogP contribution is -2.05. The van der Waals surface area contributed by atoms with Crippen molar-refractivity contribution in [2.75, 3.05) is 5.73 Å². The predicted octanol–water partition coefficient (Wildman–Crippen LogP) is 3.52. The quantitative estimate of drug-likeness (QED) is 0.869. The normalized spacial score (nSPS) is 17.7. The number of aromatic nitrogens is 2. The van der Waals surface area contributed by atoms with Crippen molar-refractivity contribution < 1.29 is 0 Å². The van der Waals surface area contributed by atoms with E-state index in [0.717, 1.165) is 23.0 Å². The maximum Gasteiger partial charge on any atom is 0.132 e. The smallest absolute Gasteiger partial charge is 0.132 e. The lowest BCUT2D eigenvalue weighted by molar-refractivity contribution is 0.762. The minimum absolute atomic E-state index is 0.505. The van der Waals surface area contributed by atoms with Gasteiger partial charge in [-0.25, -0.2) is 4.98 Å². The third-order valence-electron chi connectivity index (χ3n) is 4.46. The van der Waals surface area contributed by atoms with Crippen molar-refractivity contribution in [3.8, 4) is 23.6 Å². The van der Waals surface area contributed by atoms with Crippen LogP contribution in [0.1, 0.15) is 48.9 Å². The van der Waals surface area contributed by atoms with Gasteiger partial charge < -0.3 is 10.3 Å². The second kappa shape index (κ2) is 4.66. The Labute approximate surface area is 125 Å². The monoisotopic (exact) mass is 277 g/mol. The van der Waals surface area contributed by atoms with Gasteiger partial charge in [0.25, 0.3) is 0 Å². The van der Waals surface area contributed by atoms with Gasteiger partial charge in [-0.15, -0.1) is 6.42 Å². The fourth-order valence-corrected chi connectivity index (χ4v) is 2.94. The zero-order chi connectivity index (χ0) is 14.4. The highest BCUT2D eigenvalue weighted by Crippen LogP contribution is 2.43. The molecular formula is C18H19N3. The van der Waals surface area contributed by atoms with Crippen molar-refractivity contribution in [2.45, 2.75) is 44.1 Å². The van der Waals surface area contributed by atoms with Gasteiger partial charge in [-0.3, -0.25) is 0 Å². The molecule has 21 heavy (non-hydrogen) atoms. The highest BCUT2D eigenvalue weighted by molar-refractivity contribution is 5.71. The third-order valence-corrected chi connectivity index (χ3v) is 4.46. The molecule has 4 rings (SSSR count). The topological polar surface area (TPSA) is 43.8 Å². The van der Waals surface area contributed by atoms with E-state index in [4.69, 9.17) is 17.1 Å². The highest BCUT2D eigenvalue weighted by atomic mass is 15.1. The Morgan fingerprint density at radius 2 is 1.81 bits per heavy atom. The Bertz CT molecular complexity index is 710. The molecular weight excluding hydrogens is 258 g/mol. The van der Waals surface area contributed by atoms with Gasteiger partial charge in [-0.05, 0) is 37.2 Å². The summed E-state index contributed by atoms with van der Waals surface area (Å²) in [5.74, 6) is 5.77. The molecule has 2 N–H and O–H groups in total. The van der Waals surface area contributed by atoms with Gasteiger partial charge in [0.05, 0.1) is 6.54 Å². The standard InChI is InChI=1S/C18H19N3/c1-2-11-21-17(19)16(20-18(21)15-9-10-15)14-7-5-13(6-8-14)12-3-4-12/h1,5-8,12,15H,3-4,9-11,19H2. The van der Waals surface area contributed by atoms with Crippen molar-refractivity contribution >= 4 is 5.82 Å². The molecule has 2 aromatic rings. The highest BCUT2D eigenvalue weighted by Gasteiger charge is 2.31. The second-order valence-electron chi connectivity index (χ2n) is 6.16. The molecule has 0 bridgehead atoms. The summed E-state index contributed by atoms with van der Waals surface area (Å²) in [4.78, 5) is 4.79. The van der Waals surface area contributed by atoms with Crippen LogP contribution in [0.3, 0.4) is 0 Å². The maximum absolute atomic E-state index is 6.30. The van der Waals surface area contributed by atoms with E-state index in [0.29, 0.717) is 18.3 Å². The van der Waals surface area contributed by atoms with Crippen molar-refractivity contribution in [3.63, 3.8) is 0 Å². The molecule has 1 aromatic carbocycles. The Morgan fingerprint density at radius 1 is 1.14 bits per heavy atom. The van der Waals surface area contributed by atoms with Crippen molar-refractivity contribution in [1.29, 1.82) is 0 Å². The molecule has 2 fully saturated rings. The maximum atomic E-state index is 6.30. The summed E-state index contributed by atoms with van der Waals surface area (Å²) in [6.45, 7) is 0.505. The van der Waals surface area contributed by atoms with E-state index in [-0.39, 0.29) is 0 Å². The first-order chi connectivity index (χ1) is 10.3. The molecule has 106 valence electrons. The summed E-state index contributed by atoms with van der Waals surface area (Å²) in [6.07, 6.45) is 10.5. The van der Waals surface area contributed by atoms with Gasteiger partial charge in [0, 0.05) is 11.5 Å². The zero-order valence-corrected chi connectivity index (χ0v) is 12.0. The van der Waals surface area contributed by atoms with Crippen LogP contribution in [-0.2, 0) is 6.54 Å². The Balaban J connectivity index is 1.73. The lowest BCUT2D eigenvalue weighted by Gasteiger charge is -2.05. The SMILES string of the molecule is C#CCn1c(C2CC2)nc(-c2ccc(C3CC3)cc2)c1N. The first kappa shape index (κ1) is 12.5. The fraction of sp³-hybridized carbons (Fsp3) is 0.389. The number of benzene rings is 1. The van der Waals surface area contributed by atoms with Gasteiger partial charge in [0.2, 0.25) is 0 Å². The summed E-state index contributed by atoms with van der Waals surface area (Å²) in [5.41, 5.74) is 9.71. The number of nitrogens with two attached hydrogens (primary N) is 1. The van der Waals surface area contributed by atoms with Crippen LogP contribution in [-0.4, -0.2) is 9.55 Å². The third kappa shape index (κ3) is 2.21. The van der Waals surface area contributed by atoms with Gasteiger partial charge >= 0.3 is 0 Å². The van der Waals surface area contributed by atoms with Gasteiger partial charge in [-0.1, -0.05) is 30.2 Å². The van der Waals surface area contributed by atoms with Crippen LogP contribution in [0.25, 0.3) is 11.3 Å². The molecule has 0 unspecified atom stereocenters. The van der Waals surface area contributed by atoms with Crippen molar-refractivity contribution in [1.82, 2.24) is 9.55 Å². The molecule has 0 spiro atoms. The number of nitrogen functional groups attached to an aromatic ring is 1. The number of nitrogens with zero attached hydrogens (tertiary/aromatic N) is 2. The van der Waals surface area contributed by atoms with Crippen molar-refractivity contribution in [2.24, 2.45) is 0 Å². The summed E-state index contributed by atoms with van der Waals surface area (Å²) >= 11 is 0. The molecule has 0 amide bonds. The Morgan fingerprint density at radius 3 is 2.38 bits per heavy atom. The first-order valence-corrected chi connectivity index (χ1v) is 7.67. The minimum Gasteiger partial charge on any atom is -0.383 e. The number of rotatable bonds is 4. The molecule has 2 aliphatic rings. The molecule has 1 aromatic heterocycles. The van der Waals surface area contributed by atoms with E-state index in [1.54, 1.807) is 0 Å². The van der Waals surface area contributed by atoms with Crippen LogP contribution in [0.2, 0.25) is 0 Å². The molecule has 2 aliphatic carbocycles. The van der Waals surface area contributed by atoms with E-state index in [2.05, 4.69) is 30.2 Å². The molecule has 0 saturated heterocycles. The second-order valence-corrected chi connectivity index (χ2v) is 6.16. The van der Waals surface area contributed by atoms with Gasteiger partial charge in [0.15, 0.2) is 0 Å². The van der Waals surface area contributed by atoms with Crippen molar-refractivity contribution in [3.05, 3.63) is 35.7 Å². The zero-order valence-electron chi connectivity index (χ0n) is 12.0. The van der Waals surface area contributed by atoms with E-state index < -0.39 is 0 Å². The Kier molecular flexibility index (Phi) is 2.78. The van der Waals surface area contributed by atoms with Crippen LogP contribution < -0.4 is 5.73 Å². The first-order valence-electron chi connectivity index (χ1n) is 7.67. The molecule has 2 saturated carbocycles. The Hall–Kier alpha value is -2.21. The van der Waals surface area contributed by atoms with Gasteiger partial charge in [0.1, 0.15) is 17.3 Å². The van der Waals surface area contributed by atoms with E-state index >= 15 is 0 Å². The van der Waals surface area contributed by atoms with Gasteiger partial charge in [-0.2, -0.15) is 0 Å². The summed E-state index contributed by atoms with van der Waals surface area (Å²) in [6, 6.07) is 8.71. The fourth-order valence-electron chi connectivity index (χ4n) is 2.94. The number of hydrogen-bond donors (Lipinski definition) is 1. The van der Waals surface area contributed by atoms with Crippen LogP contribution in [0, 0.1) is 12.3 Å². The number of imidazole rings is 1. The lowest BCUT2D eigenvalue weighted by atomic mass is 10.1.